The van der Waals surface area contributed by atoms with Crippen molar-refractivity contribution in [3.63, 3.8) is 0 Å². The van der Waals surface area contributed by atoms with Crippen molar-refractivity contribution in [3.8, 4) is 0 Å². The molecule has 0 aliphatic carbocycles. The highest BCUT2D eigenvalue weighted by Gasteiger charge is 1.89. The molecule has 0 saturated carbocycles. The van der Waals surface area contributed by atoms with Gasteiger partial charge in [-0.15, -0.1) is 0 Å². The highest BCUT2D eigenvalue weighted by atomic mass is 15.1. The first-order valence-corrected chi connectivity index (χ1v) is 3.33. The van der Waals surface area contributed by atoms with Gasteiger partial charge in [0.15, 0.2) is 0 Å². The van der Waals surface area contributed by atoms with Crippen molar-refractivity contribution in [1.29, 1.82) is 0 Å². The average molecular weight is 129 g/mol. The molecular weight excluding hydrogens is 114 g/mol. The fourth-order valence-corrected chi connectivity index (χ4v) is 0.621. The molecule has 0 radical (unpaired) electrons. The Hall–Kier alpha value is -0.730. The van der Waals surface area contributed by atoms with E-state index >= 15 is 0 Å². The van der Waals surface area contributed by atoms with Gasteiger partial charge in [0.1, 0.15) is 5.84 Å². The van der Waals surface area contributed by atoms with Gasteiger partial charge in [-0.25, -0.2) is 0 Å². The Balaban J connectivity index is 3.07. The molecule has 3 nitrogen and oxygen atoms in total. The summed E-state index contributed by atoms with van der Waals surface area (Å²) in [7, 11) is 0. The van der Waals surface area contributed by atoms with E-state index in [2.05, 4.69) is 12.0 Å². The highest BCUT2D eigenvalue weighted by Crippen LogP contribution is 1.97. The van der Waals surface area contributed by atoms with Gasteiger partial charge in [-0.2, -0.15) is 5.10 Å². The Morgan fingerprint density at radius 3 is 2.56 bits per heavy atom. The monoisotopic (exact) mass is 129 g/mol. The summed E-state index contributed by atoms with van der Waals surface area (Å²) in [5.74, 6) is 5.48. The van der Waals surface area contributed by atoms with E-state index < -0.39 is 0 Å². The van der Waals surface area contributed by atoms with E-state index in [0.717, 1.165) is 12.8 Å². The molecule has 0 amide bonds. The van der Waals surface area contributed by atoms with Gasteiger partial charge in [0, 0.05) is 6.42 Å². The van der Waals surface area contributed by atoms with Gasteiger partial charge in [-0.3, -0.25) is 0 Å². The number of hydrogen-bond acceptors (Lipinski definition) is 2. The van der Waals surface area contributed by atoms with Crippen LogP contribution in [0.5, 0.6) is 0 Å². The molecular formula is C6H15N3. The number of nitrogens with zero attached hydrogens (tertiary/aromatic N) is 1. The van der Waals surface area contributed by atoms with Gasteiger partial charge in [0.2, 0.25) is 0 Å². The van der Waals surface area contributed by atoms with Crippen molar-refractivity contribution >= 4 is 5.84 Å². The Morgan fingerprint density at radius 2 is 2.11 bits per heavy atom. The van der Waals surface area contributed by atoms with Gasteiger partial charge < -0.3 is 11.6 Å². The van der Waals surface area contributed by atoms with Gasteiger partial charge >= 0.3 is 0 Å². The summed E-state index contributed by atoms with van der Waals surface area (Å²) in [5.41, 5.74) is 5.34. The van der Waals surface area contributed by atoms with Crippen LogP contribution in [0, 0.1) is 0 Å². The van der Waals surface area contributed by atoms with Crippen LogP contribution in [0.3, 0.4) is 0 Å². The van der Waals surface area contributed by atoms with Crippen molar-refractivity contribution in [3.05, 3.63) is 0 Å². The number of rotatable bonds is 4. The summed E-state index contributed by atoms with van der Waals surface area (Å²) < 4.78 is 0. The Labute approximate surface area is 56.1 Å². The lowest BCUT2D eigenvalue weighted by Gasteiger charge is -1.95. The molecule has 0 rings (SSSR count). The number of nitrogens with two attached hydrogens (primary N) is 2. The van der Waals surface area contributed by atoms with E-state index in [1.54, 1.807) is 0 Å². The minimum Gasteiger partial charge on any atom is -0.386 e. The predicted molar refractivity (Wildman–Crippen MR) is 40.0 cm³/mol. The van der Waals surface area contributed by atoms with Crippen LogP contribution in [0.15, 0.2) is 5.10 Å². The van der Waals surface area contributed by atoms with E-state index in [-0.39, 0.29) is 0 Å². The summed E-state index contributed by atoms with van der Waals surface area (Å²) >= 11 is 0. The molecule has 0 saturated heterocycles. The second-order valence-corrected chi connectivity index (χ2v) is 2.08. The maximum Gasteiger partial charge on any atom is 0.119 e. The van der Waals surface area contributed by atoms with Crippen LogP contribution in [-0.2, 0) is 0 Å². The standard InChI is InChI=1S/C6H15N3/c1-2-3-4-5-6(7)9-8/h2-5,8H2,1H3,(H2,7,9). The van der Waals surface area contributed by atoms with Crippen LogP contribution in [0.1, 0.15) is 32.6 Å². The molecule has 0 aromatic rings. The zero-order valence-corrected chi connectivity index (χ0v) is 5.93. The third-order valence-electron chi connectivity index (χ3n) is 1.20. The molecule has 9 heavy (non-hydrogen) atoms. The maximum absolute atomic E-state index is 5.34. The van der Waals surface area contributed by atoms with E-state index in [1.165, 1.54) is 12.8 Å². The molecule has 3 heteroatoms. The maximum atomic E-state index is 5.34. The fraction of sp³-hybridized carbons (Fsp3) is 0.833. The number of unbranched alkanes of at least 4 members (excludes halogenated alkanes) is 2. The summed E-state index contributed by atoms with van der Waals surface area (Å²) in [4.78, 5) is 0. The number of hydrazone groups is 1. The Bertz CT molecular complexity index is 88.3. The van der Waals surface area contributed by atoms with Crippen LogP contribution in [-0.4, -0.2) is 5.84 Å². The van der Waals surface area contributed by atoms with Crippen molar-refractivity contribution < 1.29 is 0 Å². The fourth-order valence-electron chi connectivity index (χ4n) is 0.621. The summed E-state index contributed by atoms with van der Waals surface area (Å²) in [6.45, 7) is 2.15. The first-order chi connectivity index (χ1) is 4.31. The molecule has 54 valence electrons. The molecule has 0 aliphatic rings. The summed E-state index contributed by atoms with van der Waals surface area (Å²) in [6, 6.07) is 0. The zero-order valence-electron chi connectivity index (χ0n) is 5.93. The average Bonchev–Trinajstić information content (AvgIpc) is 1.89. The van der Waals surface area contributed by atoms with Crippen LogP contribution in [0.2, 0.25) is 0 Å². The molecule has 0 unspecified atom stereocenters. The Kier molecular flexibility index (Phi) is 4.97. The Morgan fingerprint density at radius 1 is 1.44 bits per heavy atom. The van der Waals surface area contributed by atoms with E-state index in [9.17, 15) is 0 Å². The number of hydrogen-bond donors (Lipinski definition) is 2. The van der Waals surface area contributed by atoms with E-state index in [4.69, 9.17) is 11.6 Å². The molecule has 0 spiro atoms. The van der Waals surface area contributed by atoms with Crippen LogP contribution < -0.4 is 11.6 Å². The molecule has 0 aromatic heterocycles. The van der Waals surface area contributed by atoms with Gasteiger partial charge in [0.25, 0.3) is 0 Å². The number of amidine groups is 1. The van der Waals surface area contributed by atoms with Crippen molar-refractivity contribution in [2.45, 2.75) is 32.6 Å². The van der Waals surface area contributed by atoms with Gasteiger partial charge in [-0.05, 0) is 6.42 Å². The molecule has 0 aromatic carbocycles. The lowest BCUT2D eigenvalue weighted by atomic mass is 10.2. The third kappa shape index (κ3) is 5.14. The molecule has 4 N–H and O–H groups in total. The lowest BCUT2D eigenvalue weighted by molar-refractivity contribution is 0.738. The van der Waals surface area contributed by atoms with Crippen molar-refractivity contribution in [2.75, 3.05) is 0 Å². The highest BCUT2D eigenvalue weighted by molar-refractivity contribution is 5.79. The van der Waals surface area contributed by atoms with Crippen molar-refractivity contribution in [1.82, 2.24) is 0 Å². The normalized spacial score (nSPS) is 11.9. The predicted octanol–water partition coefficient (Wildman–Crippen LogP) is 0.798. The van der Waals surface area contributed by atoms with Crippen LogP contribution in [0.25, 0.3) is 0 Å². The minimum absolute atomic E-state index is 0.559. The van der Waals surface area contributed by atoms with Crippen molar-refractivity contribution in [2.24, 2.45) is 16.7 Å². The van der Waals surface area contributed by atoms with E-state index in [0.29, 0.717) is 5.84 Å². The molecule has 0 fully saturated rings. The minimum atomic E-state index is 0.559. The largest absolute Gasteiger partial charge is 0.386 e. The zero-order chi connectivity index (χ0) is 7.11. The molecule has 0 heterocycles. The smallest absolute Gasteiger partial charge is 0.119 e. The summed E-state index contributed by atoms with van der Waals surface area (Å²) in [5, 5.41) is 3.35. The second-order valence-electron chi connectivity index (χ2n) is 2.08. The van der Waals surface area contributed by atoms with E-state index in [1.807, 2.05) is 0 Å². The first kappa shape index (κ1) is 8.27. The first-order valence-electron chi connectivity index (χ1n) is 3.33. The lowest BCUT2D eigenvalue weighted by Crippen LogP contribution is -2.13. The SMILES string of the molecule is CCCCC/C(N)=N/N. The second kappa shape index (κ2) is 5.41. The summed E-state index contributed by atoms with van der Waals surface area (Å²) in [6.07, 6.45) is 4.35. The van der Waals surface area contributed by atoms with Crippen LogP contribution in [0.4, 0.5) is 0 Å². The third-order valence-corrected chi connectivity index (χ3v) is 1.20. The molecule has 0 bridgehead atoms. The molecule has 0 atom stereocenters. The quantitative estimate of drug-likeness (QED) is 0.194. The van der Waals surface area contributed by atoms with Gasteiger partial charge in [-0.1, -0.05) is 19.8 Å². The molecule has 0 aliphatic heterocycles. The topological polar surface area (TPSA) is 64.4 Å². The van der Waals surface area contributed by atoms with Gasteiger partial charge in [0.05, 0.1) is 0 Å². The van der Waals surface area contributed by atoms with Crippen LogP contribution >= 0.6 is 0 Å².